The summed E-state index contributed by atoms with van der Waals surface area (Å²) < 4.78 is 5.67. The molecule has 2 aromatic carbocycles. The van der Waals surface area contributed by atoms with E-state index in [4.69, 9.17) is 15.3 Å². The molecular weight excluding hydrogens is 372 g/mol. The molecule has 0 aliphatic carbocycles. The number of carbonyl (C=O) groups is 2. The number of benzene rings is 2. The second kappa shape index (κ2) is 12.5. The molecule has 3 N–H and O–H groups in total. The number of amides is 1. The van der Waals surface area contributed by atoms with Crippen LogP contribution in [0.25, 0.3) is 0 Å². The molecule has 0 aromatic heterocycles. The minimum absolute atomic E-state index is 0.111. The summed E-state index contributed by atoms with van der Waals surface area (Å²) in [6, 6.07) is 15.3. The van der Waals surface area contributed by atoms with Gasteiger partial charge in [0.2, 0.25) is 6.41 Å². The molecule has 0 saturated heterocycles. The number of hydrogen-bond donors (Lipinski definition) is 2. The molecule has 2 aromatic rings. The molecule has 29 heavy (non-hydrogen) atoms. The largest absolute Gasteiger partial charge is 0.494 e. The second-order valence-electron chi connectivity index (χ2n) is 6.62. The molecule has 0 heterocycles. The van der Waals surface area contributed by atoms with Crippen molar-refractivity contribution in [3.63, 3.8) is 0 Å². The zero-order chi connectivity index (χ0) is 20.9. The second-order valence-corrected chi connectivity index (χ2v) is 6.62. The van der Waals surface area contributed by atoms with Crippen molar-refractivity contribution < 1.29 is 24.3 Å². The lowest BCUT2D eigenvalue weighted by Crippen LogP contribution is -2.41. The SMILES string of the molecule is NCCCCCOc1ccc(C[C@@H](C(=O)O)N(C=O)OCc2ccccc2)cc1. The van der Waals surface area contributed by atoms with Gasteiger partial charge in [-0.1, -0.05) is 42.5 Å². The van der Waals surface area contributed by atoms with Crippen LogP contribution >= 0.6 is 0 Å². The van der Waals surface area contributed by atoms with E-state index < -0.39 is 12.0 Å². The Hall–Kier alpha value is -2.90. The number of rotatable bonds is 14. The number of hydroxylamine groups is 2. The highest BCUT2D eigenvalue weighted by Gasteiger charge is 2.26. The summed E-state index contributed by atoms with van der Waals surface area (Å²) in [5, 5.41) is 10.4. The first-order chi connectivity index (χ1) is 14.1. The summed E-state index contributed by atoms with van der Waals surface area (Å²) in [6.45, 7) is 1.41. The molecule has 0 bridgehead atoms. The number of nitrogens with zero attached hydrogens (tertiary/aromatic N) is 1. The third-order valence-corrected chi connectivity index (χ3v) is 4.39. The lowest BCUT2D eigenvalue weighted by Gasteiger charge is -2.24. The predicted molar refractivity (Wildman–Crippen MR) is 109 cm³/mol. The van der Waals surface area contributed by atoms with E-state index in [0.717, 1.165) is 41.2 Å². The lowest BCUT2D eigenvalue weighted by atomic mass is 10.1. The highest BCUT2D eigenvalue weighted by molar-refractivity contribution is 5.76. The number of carbonyl (C=O) groups excluding carboxylic acids is 1. The van der Waals surface area contributed by atoms with E-state index in [-0.39, 0.29) is 13.0 Å². The molecule has 1 amide bonds. The maximum absolute atomic E-state index is 11.7. The summed E-state index contributed by atoms with van der Waals surface area (Å²) in [5.41, 5.74) is 7.07. The fraction of sp³-hybridized carbons (Fsp3) is 0.364. The quantitative estimate of drug-likeness (QED) is 0.287. The normalized spacial score (nSPS) is 11.6. The summed E-state index contributed by atoms with van der Waals surface area (Å²) in [7, 11) is 0. The Bertz CT molecular complexity index is 737. The lowest BCUT2D eigenvalue weighted by molar-refractivity contribution is -0.200. The van der Waals surface area contributed by atoms with Crippen molar-refractivity contribution >= 4 is 12.4 Å². The molecule has 156 valence electrons. The Morgan fingerprint density at radius 1 is 1.03 bits per heavy atom. The molecule has 7 nitrogen and oxygen atoms in total. The van der Waals surface area contributed by atoms with Crippen molar-refractivity contribution in [3.8, 4) is 5.75 Å². The van der Waals surface area contributed by atoms with Gasteiger partial charge in [-0.05, 0) is 49.1 Å². The van der Waals surface area contributed by atoms with Crippen LogP contribution in [0.5, 0.6) is 5.75 Å². The Morgan fingerprint density at radius 2 is 1.76 bits per heavy atom. The Morgan fingerprint density at radius 3 is 2.38 bits per heavy atom. The fourth-order valence-corrected chi connectivity index (χ4v) is 2.76. The highest BCUT2D eigenvalue weighted by atomic mass is 16.7. The van der Waals surface area contributed by atoms with Gasteiger partial charge >= 0.3 is 5.97 Å². The monoisotopic (exact) mass is 400 g/mol. The van der Waals surface area contributed by atoms with Crippen LogP contribution in [0, 0.1) is 0 Å². The molecule has 0 radical (unpaired) electrons. The first-order valence-electron chi connectivity index (χ1n) is 9.69. The zero-order valence-corrected chi connectivity index (χ0v) is 16.4. The number of unbranched alkanes of at least 4 members (excludes halogenated alkanes) is 2. The molecular formula is C22H28N2O5. The zero-order valence-electron chi connectivity index (χ0n) is 16.4. The van der Waals surface area contributed by atoms with Crippen LogP contribution in [0.2, 0.25) is 0 Å². The molecule has 0 aliphatic rings. The van der Waals surface area contributed by atoms with Gasteiger partial charge < -0.3 is 15.6 Å². The Balaban J connectivity index is 1.91. The van der Waals surface area contributed by atoms with Crippen LogP contribution in [-0.4, -0.2) is 41.7 Å². The third-order valence-electron chi connectivity index (χ3n) is 4.39. The van der Waals surface area contributed by atoms with Crippen LogP contribution in [0.4, 0.5) is 0 Å². The highest BCUT2D eigenvalue weighted by Crippen LogP contribution is 2.16. The fourth-order valence-electron chi connectivity index (χ4n) is 2.76. The molecule has 0 spiro atoms. The number of nitrogens with two attached hydrogens (primary N) is 1. The summed E-state index contributed by atoms with van der Waals surface area (Å²) in [6.07, 6.45) is 3.48. The van der Waals surface area contributed by atoms with Gasteiger partial charge in [0.25, 0.3) is 0 Å². The van der Waals surface area contributed by atoms with E-state index in [1.165, 1.54) is 0 Å². The Labute approximate surface area is 171 Å². The Kier molecular flexibility index (Phi) is 9.68. The van der Waals surface area contributed by atoms with Gasteiger partial charge in [-0.15, -0.1) is 0 Å². The summed E-state index contributed by atoms with van der Waals surface area (Å²) in [5.74, 6) is -0.411. The standard InChI is InChI=1S/C22H28N2O5/c23-13-5-2-6-14-28-20-11-9-18(10-12-20)15-21(22(26)27)24(17-25)29-16-19-7-3-1-4-8-19/h1,3-4,7-12,17,21H,2,5-6,13-16,23H2,(H,26,27)/t21-/m0/s1. The van der Waals surface area contributed by atoms with E-state index in [1.54, 1.807) is 24.3 Å². The number of carboxylic acids is 1. The number of carboxylic acid groups (broad SMARTS) is 1. The minimum atomic E-state index is -1.13. The van der Waals surface area contributed by atoms with Gasteiger partial charge in [-0.2, -0.15) is 0 Å². The van der Waals surface area contributed by atoms with E-state index in [9.17, 15) is 14.7 Å². The molecule has 0 saturated carbocycles. The number of aliphatic carboxylic acids is 1. The van der Waals surface area contributed by atoms with Gasteiger partial charge in [-0.25, -0.2) is 9.86 Å². The maximum atomic E-state index is 11.7. The summed E-state index contributed by atoms with van der Waals surface area (Å²) >= 11 is 0. The van der Waals surface area contributed by atoms with Crippen LogP contribution in [0.3, 0.4) is 0 Å². The summed E-state index contributed by atoms with van der Waals surface area (Å²) in [4.78, 5) is 28.5. The van der Waals surface area contributed by atoms with Crippen molar-refractivity contribution in [2.24, 2.45) is 5.73 Å². The van der Waals surface area contributed by atoms with Crippen molar-refractivity contribution in [2.75, 3.05) is 13.2 Å². The molecule has 0 aliphatic heterocycles. The van der Waals surface area contributed by atoms with Crippen molar-refractivity contribution in [1.82, 2.24) is 5.06 Å². The molecule has 0 unspecified atom stereocenters. The average Bonchev–Trinajstić information content (AvgIpc) is 2.74. The maximum Gasteiger partial charge on any atom is 0.329 e. The van der Waals surface area contributed by atoms with Crippen LogP contribution in [0.15, 0.2) is 54.6 Å². The van der Waals surface area contributed by atoms with Gasteiger partial charge in [0, 0.05) is 6.42 Å². The van der Waals surface area contributed by atoms with Crippen LogP contribution in [0.1, 0.15) is 30.4 Å². The van der Waals surface area contributed by atoms with Gasteiger partial charge in [0.1, 0.15) is 12.4 Å². The van der Waals surface area contributed by atoms with E-state index >= 15 is 0 Å². The van der Waals surface area contributed by atoms with Gasteiger partial charge in [0.15, 0.2) is 6.04 Å². The van der Waals surface area contributed by atoms with Crippen molar-refractivity contribution in [2.45, 2.75) is 38.3 Å². The van der Waals surface area contributed by atoms with Gasteiger partial charge in [0.05, 0.1) is 6.61 Å². The molecule has 7 heteroatoms. The molecule has 2 rings (SSSR count). The molecule has 1 atom stereocenters. The topological polar surface area (TPSA) is 102 Å². The van der Waals surface area contributed by atoms with Crippen molar-refractivity contribution in [1.29, 1.82) is 0 Å². The van der Waals surface area contributed by atoms with Crippen LogP contribution in [-0.2, 0) is 27.5 Å². The number of hydrogen-bond acceptors (Lipinski definition) is 5. The number of ether oxygens (including phenoxy) is 1. The average molecular weight is 400 g/mol. The van der Waals surface area contributed by atoms with E-state index in [2.05, 4.69) is 0 Å². The van der Waals surface area contributed by atoms with Crippen molar-refractivity contribution in [3.05, 3.63) is 65.7 Å². The smallest absolute Gasteiger partial charge is 0.329 e. The van der Waals surface area contributed by atoms with Crippen LogP contribution < -0.4 is 10.5 Å². The third kappa shape index (κ3) is 7.93. The molecule has 0 fully saturated rings. The predicted octanol–water partition coefficient (Wildman–Crippen LogP) is 2.78. The van der Waals surface area contributed by atoms with Gasteiger partial charge in [-0.3, -0.25) is 9.63 Å². The minimum Gasteiger partial charge on any atom is -0.494 e. The first kappa shape index (κ1) is 22.4. The van der Waals surface area contributed by atoms with E-state index in [1.807, 2.05) is 30.3 Å². The first-order valence-corrected chi connectivity index (χ1v) is 9.69. The van der Waals surface area contributed by atoms with E-state index in [0.29, 0.717) is 19.6 Å².